The molecule has 0 radical (unpaired) electrons. The third-order valence-corrected chi connectivity index (χ3v) is 3.52. The number of alkyl halides is 1. The third-order valence-electron chi connectivity index (χ3n) is 3.16. The number of rotatable bonds is 5. The number of carbonyl (C=O) groups excluding carboxylic acids is 1. The van der Waals surface area contributed by atoms with E-state index in [1.165, 1.54) is 0 Å². The summed E-state index contributed by atoms with van der Waals surface area (Å²) in [6.45, 7) is 2.68. The van der Waals surface area contributed by atoms with Crippen LogP contribution < -0.4 is 5.32 Å². The number of hydrogen-bond acceptors (Lipinski definition) is 4. The third kappa shape index (κ3) is 3.85. The van der Waals surface area contributed by atoms with E-state index in [4.69, 9.17) is 16.3 Å². The lowest BCUT2D eigenvalue weighted by molar-refractivity contribution is 0.0303. The Kier molecular flexibility index (Phi) is 5.64. The molecule has 1 aliphatic rings. The monoisotopic (exact) mass is 298 g/mol. The molecule has 6 heteroatoms. The van der Waals surface area contributed by atoms with Gasteiger partial charge in [-0.15, -0.1) is 11.6 Å². The topological polar surface area (TPSA) is 61.8 Å². The lowest BCUT2D eigenvalue weighted by Crippen LogP contribution is -2.41. The molecule has 1 fully saturated rings. The summed E-state index contributed by atoms with van der Waals surface area (Å²) in [7, 11) is 0. The highest BCUT2D eigenvalue weighted by Gasteiger charge is 2.20. The van der Waals surface area contributed by atoms with Gasteiger partial charge in [0.1, 0.15) is 0 Å². The van der Waals surface area contributed by atoms with E-state index in [0.717, 1.165) is 0 Å². The Morgan fingerprint density at radius 3 is 2.80 bits per heavy atom. The Balaban J connectivity index is 2.08. The Hall–Kier alpha value is -1.30. The van der Waals surface area contributed by atoms with Gasteiger partial charge in [-0.3, -0.25) is 4.79 Å². The summed E-state index contributed by atoms with van der Waals surface area (Å²) in [4.78, 5) is 14.3. The van der Waals surface area contributed by atoms with Crippen molar-refractivity contribution >= 4 is 23.2 Å². The average molecular weight is 299 g/mol. The molecule has 1 aromatic carbocycles. The summed E-state index contributed by atoms with van der Waals surface area (Å²) >= 11 is 5.56. The quantitative estimate of drug-likeness (QED) is 0.801. The van der Waals surface area contributed by atoms with E-state index in [2.05, 4.69) is 5.32 Å². The Morgan fingerprint density at radius 2 is 2.10 bits per heavy atom. The molecule has 1 saturated heterocycles. The number of aliphatic hydroxyl groups is 1. The number of hydrogen-bond donors (Lipinski definition) is 2. The largest absolute Gasteiger partial charge is 0.390 e. The molecule has 1 heterocycles. The van der Waals surface area contributed by atoms with Crippen LogP contribution in [0, 0.1) is 0 Å². The molecule has 0 saturated carbocycles. The smallest absolute Gasteiger partial charge is 0.256 e. The van der Waals surface area contributed by atoms with Crippen molar-refractivity contribution in [2.75, 3.05) is 44.0 Å². The van der Waals surface area contributed by atoms with Crippen molar-refractivity contribution in [1.82, 2.24) is 4.90 Å². The van der Waals surface area contributed by atoms with E-state index in [9.17, 15) is 9.90 Å². The van der Waals surface area contributed by atoms with Gasteiger partial charge >= 0.3 is 0 Å². The lowest BCUT2D eigenvalue weighted by Gasteiger charge is -2.27. The number of nitrogens with zero attached hydrogens (tertiary/aromatic N) is 1. The number of amides is 1. The van der Waals surface area contributed by atoms with Crippen LogP contribution in [0.2, 0.25) is 0 Å². The Bertz CT molecular complexity index is 450. The van der Waals surface area contributed by atoms with Crippen LogP contribution in [0.5, 0.6) is 0 Å². The number of para-hydroxylation sites is 1. The van der Waals surface area contributed by atoms with Crippen molar-refractivity contribution in [2.24, 2.45) is 0 Å². The molecule has 0 aliphatic carbocycles. The van der Waals surface area contributed by atoms with Gasteiger partial charge in [-0.2, -0.15) is 0 Å². The minimum Gasteiger partial charge on any atom is -0.390 e. The summed E-state index contributed by atoms with van der Waals surface area (Å²) in [6.07, 6.45) is -0.636. The second-order valence-electron chi connectivity index (χ2n) is 4.64. The van der Waals surface area contributed by atoms with Crippen molar-refractivity contribution in [3.05, 3.63) is 29.8 Å². The molecule has 0 aromatic heterocycles. The average Bonchev–Trinajstić information content (AvgIpc) is 2.53. The van der Waals surface area contributed by atoms with E-state index in [0.29, 0.717) is 44.1 Å². The van der Waals surface area contributed by atoms with Crippen molar-refractivity contribution in [3.8, 4) is 0 Å². The maximum Gasteiger partial charge on any atom is 0.256 e. The summed E-state index contributed by atoms with van der Waals surface area (Å²) in [5.74, 6) is 0.142. The Morgan fingerprint density at radius 1 is 1.40 bits per heavy atom. The molecule has 2 rings (SSSR count). The fourth-order valence-electron chi connectivity index (χ4n) is 2.04. The maximum absolute atomic E-state index is 12.5. The zero-order valence-corrected chi connectivity index (χ0v) is 12.0. The van der Waals surface area contributed by atoms with Gasteiger partial charge in [-0.05, 0) is 12.1 Å². The first-order valence-electron chi connectivity index (χ1n) is 6.66. The van der Waals surface area contributed by atoms with Crippen molar-refractivity contribution in [2.45, 2.75) is 6.10 Å². The van der Waals surface area contributed by atoms with Gasteiger partial charge in [-0.25, -0.2) is 0 Å². The van der Waals surface area contributed by atoms with Crippen LogP contribution in [-0.2, 0) is 4.74 Å². The summed E-state index contributed by atoms with van der Waals surface area (Å²) in [5, 5.41) is 12.6. The van der Waals surface area contributed by atoms with Gasteiger partial charge in [0, 0.05) is 25.3 Å². The van der Waals surface area contributed by atoms with Gasteiger partial charge in [-0.1, -0.05) is 12.1 Å². The van der Waals surface area contributed by atoms with Gasteiger partial charge in [0.25, 0.3) is 5.91 Å². The minimum atomic E-state index is -0.636. The highest BCUT2D eigenvalue weighted by Crippen LogP contribution is 2.18. The zero-order valence-electron chi connectivity index (χ0n) is 11.2. The predicted octanol–water partition coefficient (Wildman–Crippen LogP) is 1.17. The van der Waals surface area contributed by atoms with Crippen LogP contribution in [0.15, 0.2) is 24.3 Å². The second-order valence-corrected chi connectivity index (χ2v) is 4.95. The molecule has 2 N–H and O–H groups in total. The molecule has 20 heavy (non-hydrogen) atoms. The van der Waals surface area contributed by atoms with E-state index < -0.39 is 6.10 Å². The fraction of sp³-hybridized carbons (Fsp3) is 0.500. The maximum atomic E-state index is 12.5. The molecule has 110 valence electrons. The lowest BCUT2D eigenvalue weighted by atomic mass is 10.1. The van der Waals surface area contributed by atoms with Gasteiger partial charge in [0.05, 0.1) is 30.8 Å². The van der Waals surface area contributed by atoms with Crippen LogP contribution >= 0.6 is 11.6 Å². The molecule has 0 bridgehead atoms. The highest BCUT2D eigenvalue weighted by molar-refractivity contribution is 6.18. The molecule has 1 unspecified atom stereocenters. The molecule has 1 amide bonds. The molecule has 0 spiro atoms. The SMILES string of the molecule is O=C(c1ccccc1NCC(O)CCl)N1CCOCC1. The van der Waals surface area contributed by atoms with Gasteiger partial charge in [0.2, 0.25) is 0 Å². The van der Waals surface area contributed by atoms with Crippen molar-refractivity contribution in [3.63, 3.8) is 0 Å². The number of aliphatic hydroxyl groups excluding tert-OH is 1. The number of ether oxygens (including phenoxy) is 1. The van der Waals surface area contributed by atoms with E-state index in [1.807, 2.05) is 18.2 Å². The Labute approximate surface area is 123 Å². The van der Waals surface area contributed by atoms with Crippen molar-refractivity contribution in [1.29, 1.82) is 0 Å². The number of nitrogens with one attached hydrogen (secondary N) is 1. The minimum absolute atomic E-state index is 0.0169. The number of carbonyl (C=O) groups is 1. The van der Waals surface area contributed by atoms with Gasteiger partial charge < -0.3 is 20.1 Å². The van der Waals surface area contributed by atoms with E-state index >= 15 is 0 Å². The standard InChI is InChI=1S/C14H19ClN2O3/c15-9-11(18)10-16-13-4-2-1-3-12(13)14(19)17-5-7-20-8-6-17/h1-4,11,16,18H,5-10H2. The van der Waals surface area contributed by atoms with Crippen LogP contribution in [0.4, 0.5) is 5.69 Å². The predicted molar refractivity (Wildman–Crippen MR) is 78.4 cm³/mol. The number of morpholine rings is 1. The number of halogens is 1. The number of benzene rings is 1. The summed E-state index contributed by atoms with van der Waals surface area (Å²) < 4.78 is 5.25. The molecule has 1 aliphatic heterocycles. The van der Waals surface area contributed by atoms with Crippen LogP contribution in [0.3, 0.4) is 0 Å². The van der Waals surface area contributed by atoms with Crippen LogP contribution in [0.1, 0.15) is 10.4 Å². The number of anilines is 1. The second kappa shape index (κ2) is 7.47. The first-order chi connectivity index (χ1) is 9.72. The first-order valence-corrected chi connectivity index (χ1v) is 7.19. The molecule has 1 aromatic rings. The normalized spacial score (nSPS) is 16.8. The molecule has 1 atom stereocenters. The summed E-state index contributed by atoms with van der Waals surface area (Å²) in [6, 6.07) is 7.30. The molecular formula is C14H19ClN2O3. The zero-order chi connectivity index (χ0) is 14.4. The van der Waals surface area contributed by atoms with E-state index in [-0.39, 0.29) is 11.8 Å². The van der Waals surface area contributed by atoms with Crippen LogP contribution in [0.25, 0.3) is 0 Å². The van der Waals surface area contributed by atoms with E-state index in [1.54, 1.807) is 11.0 Å². The molecular weight excluding hydrogens is 280 g/mol. The highest BCUT2D eigenvalue weighted by atomic mass is 35.5. The van der Waals surface area contributed by atoms with Crippen LogP contribution in [-0.4, -0.2) is 60.7 Å². The van der Waals surface area contributed by atoms with Crippen molar-refractivity contribution < 1.29 is 14.6 Å². The fourth-order valence-corrected chi connectivity index (χ4v) is 2.15. The molecule has 5 nitrogen and oxygen atoms in total. The van der Waals surface area contributed by atoms with Gasteiger partial charge in [0.15, 0.2) is 0 Å². The summed E-state index contributed by atoms with van der Waals surface area (Å²) in [5.41, 5.74) is 1.32. The first kappa shape index (κ1) is 15.1.